The summed E-state index contributed by atoms with van der Waals surface area (Å²) < 4.78 is 28.5. The highest BCUT2D eigenvalue weighted by molar-refractivity contribution is 7.86. The first-order chi connectivity index (χ1) is 9.41. The van der Waals surface area contributed by atoms with E-state index in [1.54, 1.807) is 8.61 Å². The summed E-state index contributed by atoms with van der Waals surface area (Å²) in [4.78, 5) is 0. The number of hydrogen-bond donors (Lipinski definition) is 1. The molecule has 2 aliphatic heterocycles. The van der Waals surface area contributed by atoms with Crippen LogP contribution in [0.4, 0.5) is 0 Å². The molecular formula is C14H28N2O3S. The quantitative estimate of drug-likeness (QED) is 0.855. The number of aliphatic hydroxyl groups is 1. The van der Waals surface area contributed by atoms with Crippen molar-refractivity contribution in [2.75, 3.05) is 32.8 Å². The Balaban J connectivity index is 1.95. The molecule has 2 rings (SSSR count). The van der Waals surface area contributed by atoms with Crippen molar-refractivity contribution in [3.63, 3.8) is 0 Å². The summed E-state index contributed by atoms with van der Waals surface area (Å²) in [5.74, 6) is 0.270. The molecule has 0 aromatic rings. The predicted molar refractivity (Wildman–Crippen MR) is 79.5 cm³/mol. The standard InChI is InChI=1S/C14H28N2O3S/c1-3-14(2)6-10-16(11-7-14)20(18,19)15-8-4-13(12-17)5-9-15/h13,17H,3-12H2,1-2H3. The molecule has 0 spiro atoms. The Morgan fingerprint density at radius 1 is 1.10 bits per heavy atom. The molecule has 0 radical (unpaired) electrons. The molecule has 0 atom stereocenters. The highest BCUT2D eigenvalue weighted by Gasteiger charge is 2.37. The van der Waals surface area contributed by atoms with E-state index in [1.807, 2.05) is 0 Å². The van der Waals surface area contributed by atoms with Crippen LogP contribution in [0.25, 0.3) is 0 Å². The molecule has 20 heavy (non-hydrogen) atoms. The fourth-order valence-corrected chi connectivity index (χ4v) is 4.74. The van der Waals surface area contributed by atoms with Crippen molar-refractivity contribution in [3.8, 4) is 0 Å². The number of aliphatic hydroxyl groups excluding tert-OH is 1. The van der Waals surface area contributed by atoms with Crippen LogP contribution >= 0.6 is 0 Å². The molecular weight excluding hydrogens is 276 g/mol. The largest absolute Gasteiger partial charge is 0.396 e. The zero-order chi connectivity index (χ0) is 14.8. The fourth-order valence-electron chi connectivity index (χ4n) is 3.10. The van der Waals surface area contributed by atoms with Gasteiger partial charge in [0.2, 0.25) is 0 Å². The summed E-state index contributed by atoms with van der Waals surface area (Å²) in [5.41, 5.74) is 0.301. The summed E-state index contributed by atoms with van der Waals surface area (Å²) >= 11 is 0. The predicted octanol–water partition coefficient (Wildman–Crippen LogP) is 1.45. The van der Waals surface area contributed by atoms with E-state index in [-0.39, 0.29) is 12.5 Å². The molecule has 1 N–H and O–H groups in total. The molecule has 6 heteroatoms. The van der Waals surface area contributed by atoms with E-state index in [0.29, 0.717) is 31.6 Å². The lowest BCUT2D eigenvalue weighted by atomic mass is 9.79. The maximum Gasteiger partial charge on any atom is 0.281 e. The van der Waals surface area contributed by atoms with Crippen molar-refractivity contribution in [1.29, 1.82) is 0 Å². The highest BCUT2D eigenvalue weighted by Crippen LogP contribution is 2.35. The van der Waals surface area contributed by atoms with Gasteiger partial charge in [0.1, 0.15) is 0 Å². The van der Waals surface area contributed by atoms with Crippen LogP contribution in [0.3, 0.4) is 0 Å². The van der Waals surface area contributed by atoms with Crippen LogP contribution in [-0.4, -0.2) is 54.9 Å². The van der Waals surface area contributed by atoms with E-state index in [9.17, 15) is 8.42 Å². The summed E-state index contributed by atoms with van der Waals surface area (Å²) in [6, 6.07) is 0. The number of piperidine rings is 2. The Kier molecular flexibility index (Phi) is 5.10. The van der Waals surface area contributed by atoms with Crippen molar-refractivity contribution in [2.45, 2.75) is 46.0 Å². The summed E-state index contributed by atoms with van der Waals surface area (Å²) in [5, 5.41) is 9.14. The maximum absolute atomic E-state index is 12.6. The molecule has 2 heterocycles. The van der Waals surface area contributed by atoms with Crippen LogP contribution in [0.1, 0.15) is 46.0 Å². The lowest BCUT2D eigenvalue weighted by Crippen LogP contribution is -2.50. The first kappa shape index (κ1) is 16.2. The minimum atomic E-state index is -3.29. The second kappa shape index (κ2) is 6.30. The third-order valence-electron chi connectivity index (χ3n) is 5.27. The van der Waals surface area contributed by atoms with Crippen LogP contribution in [0, 0.1) is 11.3 Å². The second-order valence-electron chi connectivity index (χ2n) is 6.60. The van der Waals surface area contributed by atoms with E-state index >= 15 is 0 Å². The lowest BCUT2D eigenvalue weighted by molar-refractivity contribution is 0.147. The summed E-state index contributed by atoms with van der Waals surface area (Å²) in [6.07, 6.45) is 4.57. The van der Waals surface area contributed by atoms with Gasteiger partial charge in [-0.1, -0.05) is 20.3 Å². The lowest BCUT2D eigenvalue weighted by Gasteiger charge is -2.41. The molecule has 2 saturated heterocycles. The number of nitrogens with zero attached hydrogens (tertiary/aromatic N) is 2. The zero-order valence-electron chi connectivity index (χ0n) is 12.7. The molecule has 0 unspecified atom stereocenters. The van der Waals surface area contributed by atoms with Gasteiger partial charge in [-0.3, -0.25) is 0 Å². The Hall–Kier alpha value is -0.170. The van der Waals surface area contributed by atoms with Gasteiger partial charge in [0.05, 0.1) is 0 Å². The van der Waals surface area contributed by atoms with Gasteiger partial charge in [0.15, 0.2) is 0 Å². The smallest absolute Gasteiger partial charge is 0.281 e. The van der Waals surface area contributed by atoms with Crippen LogP contribution < -0.4 is 0 Å². The van der Waals surface area contributed by atoms with Crippen molar-refractivity contribution in [2.24, 2.45) is 11.3 Å². The molecule has 2 aliphatic rings. The van der Waals surface area contributed by atoms with Gasteiger partial charge < -0.3 is 5.11 Å². The first-order valence-electron chi connectivity index (χ1n) is 7.77. The van der Waals surface area contributed by atoms with Gasteiger partial charge in [0, 0.05) is 32.8 Å². The molecule has 5 nitrogen and oxygen atoms in total. The van der Waals surface area contributed by atoms with Gasteiger partial charge in [-0.2, -0.15) is 17.0 Å². The highest BCUT2D eigenvalue weighted by atomic mass is 32.2. The molecule has 118 valence electrons. The Morgan fingerprint density at radius 2 is 1.60 bits per heavy atom. The van der Waals surface area contributed by atoms with Crippen LogP contribution in [0.5, 0.6) is 0 Å². The third kappa shape index (κ3) is 3.35. The molecule has 0 aliphatic carbocycles. The first-order valence-corrected chi connectivity index (χ1v) is 9.17. The van der Waals surface area contributed by atoms with Gasteiger partial charge in [0.25, 0.3) is 10.2 Å². The van der Waals surface area contributed by atoms with Crippen LogP contribution in [0.2, 0.25) is 0 Å². The molecule has 0 aromatic heterocycles. The molecule has 0 bridgehead atoms. The van der Waals surface area contributed by atoms with E-state index in [2.05, 4.69) is 13.8 Å². The average Bonchev–Trinajstić information content (AvgIpc) is 2.48. The van der Waals surface area contributed by atoms with E-state index < -0.39 is 10.2 Å². The van der Waals surface area contributed by atoms with E-state index in [4.69, 9.17) is 5.11 Å². The fraction of sp³-hybridized carbons (Fsp3) is 1.00. The van der Waals surface area contributed by atoms with Crippen molar-refractivity contribution in [3.05, 3.63) is 0 Å². The Morgan fingerprint density at radius 3 is 2.05 bits per heavy atom. The molecule has 0 saturated carbocycles. The molecule has 0 aromatic carbocycles. The Bertz CT molecular complexity index is 408. The van der Waals surface area contributed by atoms with E-state index in [0.717, 1.165) is 32.1 Å². The zero-order valence-corrected chi connectivity index (χ0v) is 13.5. The van der Waals surface area contributed by atoms with Crippen molar-refractivity contribution < 1.29 is 13.5 Å². The topological polar surface area (TPSA) is 60.9 Å². The monoisotopic (exact) mass is 304 g/mol. The van der Waals surface area contributed by atoms with Crippen LogP contribution in [0.15, 0.2) is 0 Å². The molecule has 0 amide bonds. The maximum atomic E-state index is 12.6. The van der Waals surface area contributed by atoms with Gasteiger partial charge >= 0.3 is 0 Å². The van der Waals surface area contributed by atoms with Gasteiger partial charge in [-0.15, -0.1) is 0 Å². The van der Waals surface area contributed by atoms with Crippen molar-refractivity contribution in [1.82, 2.24) is 8.61 Å². The van der Waals surface area contributed by atoms with Crippen molar-refractivity contribution >= 4 is 10.2 Å². The number of rotatable bonds is 4. The van der Waals surface area contributed by atoms with Gasteiger partial charge in [-0.25, -0.2) is 0 Å². The normalized spacial score (nSPS) is 26.8. The molecule has 2 fully saturated rings. The van der Waals surface area contributed by atoms with Crippen LogP contribution in [-0.2, 0) is 10.2 Å². The summed E-state index contributed by atoms with van der Waals surface area (Å²) in [6.45, 7) is 7.00. The average molecular weight is 304 g/mol. The minimum Gasteiger partial charge on any atom is -0.396 e. The van der Waals surface area contributed by atoms with Gasteiger partial charge in [-0.05, 0) is 37.0 Å². The number of hydrogen-bond acceptors (Lipinski definition) is 3. The Labute approximate surface area is 123 Å². The van der Waals surface area contributed by atoms with E-state index in [1.165, 1.54) is 0 Å². The summed E-state index contributed by atoms with van der Waals surface area (Å²) in [7, 11) is -3.29. The SMILES string of the molecule is CCC1(C)CCN(S(=O)(=O)N2CCC(CO)CC2)CC1. The minimum absolute atomic E-state index is 0.173. The third-order valence-corrected chi connectivity index (χ3v) is 7.30. The second-order valence-corrected chi connectivity index (χ2v) is 8.52.